The number of hydrogen-bond acceptors (Lipinski definition) is 3. The van der Waals surface area contributed by atoms with Crippen molar-refractivity contribution in [1.82, 2.24) is 4.90 Å². The number of piperidine rings is 1. The van der Waals surface area contributed by atoms with Crippen molar-refractivity contribution in [3.8, 4) is 0 Å². The molecule has 1 fully saturated rings. The SMILES string of the molecule is CC(C)(Sc1ccc(Cl)cc1)C(=O)N1CCC(N)CC1. The zero-order valence-electron chi connectivity index (χ0n) is 11.9. The summed E-state index contributed by atoms with van der Waals surface area (Å²) in [6, 6.07) is 7.85. The van der Waals surface area contributed by atoms with Gasteiger partial charge in [0.15, 0.2) is 0 Å². The molecular weight excluding hydrogens is 292 g/mol. The van der Waals surface area contributed by atoms with Crippen molar-refractivity contribution in [3.05, 3.63) is 29.3 Å². The van der Waals surface area contributed by atoms with Crippen molar-refractivity contribution in [3.63, 3.8) is 0 Å². The zero-order valence-corrected chi connectivity index (χ0v) is 13.5. The fraction of sp³-hybridized carbons (Fsp3) is 0.533. The number of carbonyl (C=O) groups excluding carboxylic acids is 1. The van der Waals surface area contributed by atoms with E-state index >= 15 is 0 Å². The number of thioether (sulfide) groups is 1. The fourth-order valence-corrected chi connectivity index (χ4v) is 3.53. The topological polar surface area (TPSA) is 46.3 Å². The first-order chi connectivity index (χ1) is 9.38. The molecular formula is C15H21ClN2OS. The van der Waals surface area contributed by atoms with Gasteiger partial charge >= 0.3 is 0 Å². The minimum absolute atomic E-state index is 0.185. The van der Waals surface area contributed by atoms with Gasteiger partial charge in [0.05, 0.1) is 4.75 Å². The summed E-state index contributed by atoms with van der Waals surface area (Å²) in [6.07, 6.45) is 1.79. The molecule has 3 nitrogen and oxygen atoms in total. The van der Waals surface area contributed by atoms with Crippen LogP contribution >= 0.6 is 23.4 Å². The minimum Gasteiger partial charge on any atom is -0.341 e. The summed E-state index contributed by atoms with van der Waals surface area (Å²) in [4.78, 5) is 15.6. The monoisotopic (exact) mass is 312 g/mol. The molecule has 0 spiro atoms. The number of nitrogens with two attached hydrogens (primary N) is 1. The highest BCUT2D eigenvalue weighted by molar-refractivity contribution is 8.01. The molecule has 110 valence electrons. The standard InChI is InChI=1S/C15H21ClN2OS/c1-15(2,20-13-5-3-11(16)4-6-13)14(19)18-9-7-12(17)8-10-18/h3-6,12H,7-10,17H2,1-2H3. The summed E-state index contributed by atoms with van der Waals surface area (Å²) in [5.41, 5.74) is 5.89. The number of rotatable bonds is 3. The van der Waals surface area contributed by atoms with Gasteiger partial charge in [-0.3, -0.25) is 4.79 Å². The van der Waals surface area contributed by atoms with E-state index in [-0.39, 0.29) is 11.9 Å². The average molecular weight is 313 g/mol. The van der Waals surface area contributed by atoms with E-state index in [1.54, 1.807) is 11.8 Å². The van der Waals surface area contributed by atoms with Crippen LogP contribution in [0.1, 0.15) is 26.7 Å². The first kappa shape index (κ1) is 15.7. The van der Waals surface area contributed by atoms with E-state index in [0.717, 1.165) is 30.8 Å². The van der Waals surface area contributed by atoms with Crippen LogP contribution in [0.5, 0.6) is 0 Å². The van der Waals surface area contributed by atoms with Crippen LogP contribution in [0.3, 0.4) is 0 Å². The minimum atomic E-state index is -0.477. The Balaban J connectivity index is 2.01. The van der Waals surface area contributed by atoms with Gasteiger partial charge in [-0.1, -0.05) is 11.6 Å². The van der Waals surface area contributed by atoms with E-state index in [2.05, 4.69) is 0 Å². The summed E-state index contributed by atoms with van der Waals surface area (Å²) < 4.78 is -0.477. The van der Waals surface area contributed by atoms with E-state index in [1.165, 1.54) is 0 Å². The maximum atomic E-state index is 12.6. The molecule has 0 aromatic heterocycles. The number of amides is 1. The van der Waals surface area contributed by atoms with Gasteiger partial charge in [0.2, 0.25) is 5.91 Å². The lowest BCUT2D eigenvalue weighted by molar-refractivity contribution is -0.133. The molecule has 0 unspecified atom stereocenters. The third kappa shape index (κ3) is 3.90. The highest BCUT2D eigenvalue weighted by Crippen LogP contribution is 2.35. The van der Waals surface area contributed by atoms with Gasteiger partial charge in [0.25, 0.3) is 0 Å². The van der Waals surface area contributed by atoms with Crippen molar-refractivity contribution < 1.29 is 4.79 Å². The third-order valence-electron chi connectivity index (χ3n) is 3.53. The zero-order chi connectivity index (χ0) is 14.8. The summed E-state index contributed by atoms with van der Waals surface area (Å²) in [5, 5.41) is 0.712. The van der Waals surface area contributed by atoms with Crippen LogP contribution in [0.4, 0.5) is 0 Å². The predicted octanol–water partition coefficient (Wildman–Crippen LogP) is 3.16. The maximum absolute atomic E-state index is 12.6. The second-order valence-electron chi connectivity index (χ2n) is 5.70. The Morgan fingerprint density at radius 2 is 1.85 bits per heavy atom. The van der Waals surface area contributed by atoms with Crippen molar-refractivity contribution >= 4 is 29.3 Å². The van der Waals surface area contributed by atoms with Crippen molar-refractivity contribution in [2.24, 2.45) is 5.73 Å². The molecule has 5 heteroatoms. The average Bonchev–Trinajstić information content (AvgIpc) is 2.41. The third-order valence-corrected chi connectivity index (χ3v) is 4.97. The fourth-order valence-electron chi connectivity index (χ4n) is 2.32. The first-order valence-electron chi connectivity index (χ1n) is 6.88. The molecule has 20 heavy (non-hydrogen) atoms. The molecule has 2 rings (SSSR count). The van der Waals surface area contributed by atoms with Crippen LogP contribution < -0.4 is 5.73 Å². The number of likely N-dealkylation sites (tertiary alicyclic amines) is 1. The Morgan fingerprint density at radius 1 is 1.30 bits per heavy atom. The van der Waals surface area contributed by atoms with Gasteiger partial charge in [-0.05, 0) is 51.0 Å². The van der Waals surface area contributed by atoms with Gasteiger partial charge in [0, 0.05) is 29.0 Å². The van der Waals surface area contributed by atoms with Gasteiger partial charge in [-0.2, -0.15) is 0 Å². The molecule has 1 aliphatic rings. The number of carbonyl (C=O) groups is 1. The van der Waals surface area contributed by atoms with Crippen LogP contribution in [0.2, 0.25) is 5.02 Å². The molecule has 0 bridgehead atoms. The Labute approximate surface area is 129 Å². The van der Waals surface area contributed by atoms with E-state index in [0.29, 0.717) is 5.02 Å². The van der Waals surface area contributed by atoms with Crippen molar-refractivity contribution in [1.29, 1.82) is 0 Å². The van der Waals surface area contributed by atoms with Crippen molar-refractivity contribution in [2.75, 3.05) is 13.1 Å². The molecule has 0 atom stereocenters. The molecule has 0 aliphatic carbocycles. The molecule has 1 aliphatic heterocycles. The van der Waals surface area contributed by atoms with Crippen LogP contribution in [0.25, 0.3) is 0 Å². The highest BCUT2D eigenvalue weighted by Gasteiger charge is 2.34. The largest absolute Gasteiger partial charge is 0.341 e. The summed E-state index contributed by atoms with van der Waals surface area (Å²) in [7, 11) is 0. The second-order valence-corrected chi connectivity index (χ2v) is 7.83. The van der Waals surface area contributed by atoms with E-state index in [1.807, 2.05) is 43.0 Å². The van der Waals surface area contributed by atoms with Crippen LogP contribution in [-0.4, -0.2) is 34.7 Å². The molecule has 0 saturated carbocycles. The number of nitrogens with zero attached hydrogens (tertiary/aromatic N) is 1. The summed E-state index contributed by atoms with van der Waals surface area (Å²) >= 11 is 7.46. The molecule has 1 aromatic carbocycles. The Kier molecular flexibility index (Phi) is 4.99. The van der Waals surface area contributed by atoms with Crippen molar-refractivity contribution in [2.45, 2.75) is 42.4 Å². The quantitative estimate of drug-likeness (QED) is 0.872. The van der Waals surface area contributed by atoms with Gasteiger partial charge in [0.1, 0.15) is 0 Å². The highest BCUT2D eigenvalue weighted by atomic mass is 35.5. The molecule has 1 aromatic rings. The van der Waals surface area contributed by atoms with Gasteiger partial charge in [-0.15, -0.1) is 11.8 Å². The number of benzene rings is 1. The lowest BCUT2D eigenvalue weighted by atomic mass is 10.0. The maximum Gasteiger partial charge on any atom is 0.238 e. The van der Waals surface area contributed by atoms with E-state index < -0.39 is 4.75 Å². The Bertz CT molecular complexity index is 467. The molecule has 1 saturated heterocycles. The molecule has 1 amide bonds. The Hall–Kier alpha value is -0.710. The lowest BCUT2D eigenvalue weighted by Crippen LogP contribution is -2.49. The van der Waals surface area contributed by atoms with E-state index in [9.17, 15) is 4.79 Å². The predicted molar refractivity (Wildman–Crippen MR) is 85.2 cm³/mol. The lowest BCUT2D eigenvalue weighted by Gasteiger charge is -2.35. The van der Waals surface area contributed by atoms with Crippen LogP contribution in [0, 0.1) is 0 Å². The van der Waals surface area contributed by atoms with Gasteiger partial charge < -0.3 is 10.6 Å². The molecule has 0 radical (unpaired) electrons. The number of halogens is 1. The summed E-state index contributed by atoms with van der Waals surface area (Å²) in [6.45, 7) is 5.49. The van der Waals surface area contributed by atoms with Crippen LogP contribution in [0.15, 0.2) is 29.2 Å². The normalized spacial score (nSPS) is 17.3. The molecule has 1 heterocycles. The summed E-state index contributed by atoms with van der Waals surface area (Å²) in [5.74, 6) is 0.185. The first-order valence-corrected chi connectivity index (χ1v) is 8.07. The van der Waals surface area contributed by atoms with E-state index in [4.69, 9.17) is 17.3 Å². The van der Waals surface area contributed by atoms with Crippen LogP contribution in [-0.2, 0) is 4.79 Å². The number of hydrogen-bond donors (Lipinski definition) is 1. The second kappa shape index (κ2) is 6.37. The van der Waals surface area contributed by atoms with Gasteiger partial charge in [-0.25, -0.2) is 0 Å². The molecule has 2 N–H and O–H groups in total. The smallest absolute Gasteiger partial charge is 0.238 e. The Morgan fingerprint density at radius 3 is 2.40 bits per heavy atom.